The third kappa shape index (κ3) is 3.44. The number of carbonyl (C=O) groups is 1. The van der Waals surface area contributed by atoms with Crippen molar-refractivity contribution in [2.75, 3.05) is 18.0 Å². The minimum atomic E-state index is -0.462. The van der Waals surface area contributed by atoms with Crippen LogP contribution in [0.5, 0.6) is 5.75 Å². The van der Waals surface area contributed by atoms with E-state index in [1.165, 1.54) is 0 Å². The lowest BCUT2D eigenvalue weighted by atomic mass is 9.82. The number of pyridine rings is 1. The Hall–Kier alpha value is -3.38. The molecule has 0 saturated carbocycles. The molecule has 2 aliphatic rings. The number of para-hydroxylation sites is 1. The van der Waals surface area contributed by atoms with Crippen molar-refractivity contribution in [3.8, 4) is 11.4 Å². The van der Waals surface area contributed by atoms with E-state index in [1.54, 1.807) is 12.1 Å². The number of aromatic nitrogens is 3. The summed E-state index contributed by atoms with van der Waals surface area (Å²) in [5.41, 5.74) is 4.13. The van der Waals surface area contributed by atoms with Crippen LogP contribution in [-0.4, -0.2) is 39.2 Å². The lowest BCUT2D eigenvalue weighted by Gasteiger charge is -2.44. The van der Waals surface area contributed by atoms with Gasteiger partial charge in [0.2, 0.25) is 0 Å². The molecule has 4 heterocycles. The van der Waals surface area contributed by atoms with Crippen LogP contribution < -0.4 is 9.64 Å². The molecule has 0 amide bonds. The van der Waals surface area contributed by atoms with E-state index in [-0.39, 0.29) is 5.78 Å². The van der Waals surface area contributed by atoms with Crippen LogP contribution in [0.1, 0.15) is 40.9 Å². The molecule has 34 heavy (non-hydrogen) atoms. The zero-order chi connectivity index (χ0) is 23.4. The number of piperidine rings is 1. The summed E-state index contributed by atoms with van der Waals surface area (Å²) in [6, 6.07) is 17.6. The number of halogens is 1. The molecule has 0 radical (unpaired) electrons. The highest BCUT2D eigenvalue weighted by Gasteiger charge is 2.43. The molecule has 4 aromatic rings. The highest BCUT2D eigenvalue weighted by atomic mass is 35.5. The van der Waals surface area contributed by atoms with Crippen molar-refractivity contribution in [3.63, 3.8) is 0 Å². The molecule has 1 saturated heterocycles. The molecule has 0 N–H and O–H groups in total. The van der Waals surface area contributed by atoms with Gasteiger partial charge in [-0.15, -0.1) is 0 Å². The first-order valence-corrected chi connectivity index (χ1v) is 12.0. The Morgan fingerprint density at radius 2 is 1.79 bits per heavy atom. The largest absolute Gasteiger partial charge is 0.486 e. The van der Waals surface area contributed by atoms with E-state index in [0.717, 1.165) is 59.7 Å². The van der Waals surface area contributed by atoms with E-state index < -0.39 is 5.60 Å². The summed E-state index contributed by atoms with van der Waals surface area (Å²) in [5.74, 6) is 1.69. The molecule has 0 bridgehead atoms. The molecule has 2 aliphatic heterocycles. The first kappa shape index (κ1) is 21.2. The predicted octanol–water partition coefficient (Wildman–Crippen LogP) is 5.70. The number of carbonyl (C=O) groups excluding carboxylic acids is 1. The van der Waals surface area contributed by atoms with Crippen LogP contribution in [-0.2, 0) is 0 Å². The van der Waals surface area contributed by atoms with Gasteiger partial charge in [0, 0.05) is 36.3 Å². The number of hydrogen-bond acceptors (Lipinski definition) is 5. The number of fused-ring (bicyclic) bond motifs is 2. The van der Waals surface area contributed by atoms with Gasteiger partial charge in [-0.25, -0.2) is 9.67 Å². The average Bonchev–Trinajstić information content (AvgIpc) is 3.17. The van der Waals surface area contributed by atoms with Crippen LogP contribution in [0.15, 0.2) is 54.6 Å². The van der Waals surface area contributed by atoms with Crippen molar-refractivity contribution in [3.05, 3.63) is 76.4 Å². The molecule has 0 aliphatic carbocycles. The standard InChI is InChI=1S/C27H25ClN4O2/c1-17-14-24(29-26-25(17)18(2)30-32(26)20-6-4-3-5-7-20)31-12-10-27(11-13-31)16-22(33)21-15-19(28)8-9-23(21)34-27/h3-9,14-15H,10-13,16H2,1-2H3. The van der Waals surface area contributed by atoms with Crippen molar-refractivity contribution < 1.29 is 9.53 Å². The smallest absolute Gasteiger partial charge is 0.170 e. The normalized spacial score (nSPS) is 17.1. The fourth-order valence-corrected chi connectivity index (χ4v) is 5.46. The Labute approximate surface area is 203 Å². The zero-order valence-corrected chi connectivity index (χ0v) is 20.0. The number of rotatable bonds is 2. The van der Waals surface area contributed by atoms with Gasteiger partial charge in [-0.2, -0.15) is 5.10 Å². The summed E-state index contributed by atoms with van der Waals surface area (Å²) in [7, 11) is 0. The van der Waals surface area contributed by atoms with Gasteiger partial charge in [-0.3, -0.25) is 4.79 Å². The number of hydrogen-bond donors (Lipinski definition) is 0. The quantitative estimate of drug-likeness (QED) is 0.375. The zero-order valence-electron chi connectivity index (χ0n) is 19.2. The second-order valence-electron chi connectivity index (χ2n) is 9.34. The fourth-order valence-electron chi connectivity index (χ4n) is 5.29. The topological polar surface area (TPSA) is 60.3 Å². The molecule has 0 unspecified atom stereocenters. The molecule has 1 spiro atoms. The van der Waals surface area contributed by atoms with E-state index in [2.05, 4.69) is 17.9 Å². The summed E-state index contributed by atoms with van der Waals surface area (Å²) in [6.07, 6.45) is 1.91. The highest BCUT2D eigenvalue weighted by molar-refractivity contribution is 6.31. The maximum atomic E-state index is 12.9. The monoisotopic (exact) mass is 472 g/mol. The maximum Gasteiger partial charge on any atom is 0.170 e. The number of aryl methyl sites for hydroxylation is 2. The number of ether oxygens (including phenoxy) is 1. The number of ketones is 1. The van der Waals surface area contributed by atoms with Crippen molar-refractivity contribution in [1.29, 1.82) is 0 Å². The van der Waals surface area contributed by atoms with Crippen LogP contribution >= 0.6 is 11.6 Å². The Morgan fingerprint density at radius 3 is 2.56 bits per heavy atom. The van der Waals surface area contributed by atoms with E-state index >= 15 is 0 Å². The number of Topliss-reactive ketones (excluding diaryl/α,β-unsaturated/α-hetero) is 1. The maximum absolute atomic E-state index is 12.9. The highest BCUT2D eigenvalue weighted by Crippen LogP contribution is 2.41. The van der Waals surface area contributed by atoms with Crippen LogP contribution in [0.25, 0.3) is 16.7 Å². The third-order valence-corrected chi connectivity index (χ3v) is 7.28. The molecule has 7 heteroatoms. The summed E-state index contributed by atoms with van der Waals surface area (Å²) in [4.78, 5) is 20.2. The Morgan fingerprint density at radius 1 is 1.03 bits per heavy atom. The van der Waals surface area contributed by atoms with E-state index in [1.807, 2.05) is 48.0 Å². The fraction of sp³-hybridized carbons (Fsp3) is 0.296. The molecule has 172 valence electrons. The second-order valence-corrected chi connectivity index (χ2v) is 9.78. The first-order valence-electron chi connectivity index (χ1n) is 11.6. The predicted molar refractivity (Wildman–Crippen MR) is 134 cm³/mol. The molecule has 2 aromatic heterocycles. The third-order valence-electron chi connectivity index (χ3n) is 7.05. The molecule has 0 atom stereocenters. The molecular formula is C27H25ClN4O2. The lowest BCUT2D eigenvalue weighted by molar-refractivity contribution is 0.0231. The van der Waals surface area contributed by atoms with Gasteiger partial charge in [-0.1, -0.05) is 29.8 Å². The number of nitrogens with zero attached hydrogens (tertiary/aromatic N) is 4. The van der Waals surface area contributed by atoms with Crippen molar-refractivity contribution >= 4 is 34.2 Å². The Balaban J connectivity index is 1.30. The van der Waals surface area contributed by atoms with Gasteiger partial charge in [-0.05, 0) is 55.8 Å². The molecule has 1 fully saturated rings. The number of anilines is 1. The summed E-state index contributed by atoms with van der Waals surface area (Å²) >= 11 is 6.08. The van der Waals surface area contributed by atoms with Crippen molar-refractivity contribution in [2.24, 2.45) is 0 Å². The summed E-state index contributed by atoms with van der Waals surface area (Å²) < 4.78 is 8.33. The molecule has 6 rings (SSSR count). The molecule has 2 aromatic carbocycles. The Kier molecular flexibility index (Phi) is 4.88. The lowest BCUT2D eigenvalue weighted by Crippen LogP contribution is -2.51. The van der Waals surface area contributed by atoms with Gasteiger partial charge < -0.3 is 9.64 Å². The van der Waals surface area contributed by atoms with Crippen molar-refractivity contribution in [1.82, 2.24) is 14.8 Å². The second kappa shape index (κ2) is 7.84. The van der Waals surface area contributed by atoms with E-state index in [0.29, 0.717) is 22.8 Å². The van der Waals surface area contributed by atoms with Crippen LogP contribution in [0.3, 0.4) is 0 Å². The van der Waals surface area contributed by atoms with Crippen molar-refractivity contribution in [2.45, 2.75) is 38.7 Å². The van der Waals surface area contributed by atoms with Crippen LogP contribution in [0.2, 0.25) is 5.02 Å². The minimum absolute atomic E-state index is 0.106. The van der Waals surface area contributed by atoms with Gasteiger partial charge >= 0.3 is 0 Å². The van der Waals surface area contributed by atoms with Gasteiger partial charge in [0.15, 0.2) is 11.4 Å². The van der Waals surface area contributed by atoms with Gasteiger partial charge in [0.05, 0.1) is 23.4 Å². The molecule has 6 nitrogen and oxygen atoms in total. The van der Waals surface area contributed by atoms with Gasteiger partial charge in [0.25, 0.3) is 0 Å². The van der Waals surface area contributed by atoms with E-state index in [9.17, 15) is 4.79 Å². The molecular weight excluding hydrogens is 448 g/mol. The van der Waals surface area contributed by atoms with Gasteiger partial charge in [0.1, 0.15) is 17.2 Å². The Bertz CT molecular complexity index is 1420. The average molecular weight is 473 g/mol. The minimum Gasteiger partial charge on any atom is -0.486 e. The summed E-state index contributed by atoms with van der Waals surface area (Å²) in [6.45, 7) is 5.69. The SMILES string of the molecule is Cc1cc(N2CCC3(CC2)CC(=O)c2cc(Cl)ccc2O3)nc2c1c(C)nn2-c1ccccc1. The van der Waals surface area contributed by atoms with Crippen LogP contribution in [0.4, 0.5) is 5.82 Å². The number of benzene rings is 2. The van der Waals surface area contributed by atoms with Crippen LogP contribution in [0, 0.1) is 13.8 Å². The summed E-state index contributed by atoms with van der Waals surface area (Å²) in [5, 5.41) is 6.43. The van der Waals surface area contributed by atoms with E-state index in [4.69, 9.17) is 26.4 Å². The first-order chi connectivity index (χ1) is 16.4.